The third-order valence-corrected chi connectivity index (χ3v) is 7.55. The molecule has 0 unspecified atom stereocenters. The van der Waals surface area contributed by atoms with Gasteiger partial charge in [0.15, 0.2) is 0 Å². The number of alkyl halides is 3. The quantitative estimate of drug-likeness (QED) is 0.584. The molecule has 3 aromatic rings. The van der Waals surface area contributed by atoms with E-state index in [1.807, 2.05) is 6.92 Å². The predicted molar refractivity (Wildman–Crippen MR) is 115 cm³/mol. The van der Waals surface area contributed by atoms with Crippen molar-refractivity contribution in [2.75, 3.05) is 18.4 Å². The topological polar surface area (TPSA) is 110 Å². The van der Waals surface area contributed by atoms with Crippen LogP contribution in [-0.4, -0.2) is 51.9 Å². The molecule has 180 valence electrons. The number of anilines is 1. The van der Waals surface area contributed by atoms with Gasteiger partial charge in [0.05, 0.1) is 22.1 Å². The van der Waals surface area contributed by atoms with Crippen LogP contribution in [-0.2, 0) is 21.0 Å². The van der Waals surface area contributed by atoms with Gasteiger partial charge in [-0.3, -0.25) is 4.79 Å². The Labute approximate surface area is 193 Å². The van der Waals surface area contributed by atoms with E-state index in [2.05, 4.69) is 20.8 Å². The SMILES string of the molecule is Cc1cc(NC(=O)[C@H]2CCCN(S(=O)(=O)c3ccccc3C(F)(F)F)C2)ccc1-n1cnnn1. The number of hydrogen-bond acceptors (Lipinski definition) is 6. The van der Waals surface area contributed by atoms with Gasteiger partial charge in [-0.05, 0) is 66.1 Å². The first-order valence-corrected chi connectivity index (χ1v) is 11.8. The lowest BCUT2D eigenvalue weighted by Crippen LogP contribution is -2.44. The maximum atomic E-state index is 13.4. The average Bonchev–Trinajstić information content (AvgIpc) is 3.33. The monoisotopic (exact) mass is 494 g/mol. The van der Waals surface area contributed by atoms with E-state index in [4.69, 9.17) is 0 Å². The largest absolute Gasteiger partial charge is 0.417 e. The van der Waals surface area contributed by atoms with Gasteiger partial charge in [0.2, 0.25) is 15.9 Å². The number of aromatic nitrogens is 4. The summed E-state index contributed by atoms with van der Waals surface area (Å²) in [6.07, 6.45) is -2.61. The van der Waals surface area contributed by atoms with Gasteiger partial charge in [0.25, 0.3) is 0 Å². The smallest absolute Gasteiger partial charge is 0.326 e. The fourth-order valence-corrected chi connectivity index (χ4v) is 5.68. The highest BCUT2D eigenvalue weighted by molar-refractivity contribution is 7.89. The Morgan fingerprint density at radius 1 is 1.18 bits per heavy atom. The van der Waals surface area contributed by atoms with E-state index in [1.165, 1.54) is 17.1 Å². The Kier molecular flexibility index (Phi) is 6.41. The van der Waals surface area contributed by atoms with Gasteiger partial charge >= 0.3 is 6.18 Å². The number of carbonyl (C=O) groups excluding carboxylic acids is 1. The number of nitrogens with one attached hydrogen (secondary N) is 1. The van der Waals surface area contributed by atoms with Crippen LogP contribution in [0.1, 0.15) is 24.0 Å². The second-order valence-electron chi connectivity index (χ2n) is 7.94. The number of piperidine rings is 1. The summed E-state index contributed by atoms with van der Waals surface area (Å²) in [6.45, 7) is 1.65. The van der Waals surface area contributed by atoms with Crippen LogP contribution < -0.4 is 5.32 Å². The zero-order chi connectivity index (χ0) is 24.5. The minimum Gasteiger partial charge on any atom is -0.326 e. The van der Waals surface area contributed by atoms with Crippen molar-refractivity contribution in [3.63, 3.8) is 0 Å². The molecule has 1 aliphatic rings. The van der Waals surface area contributed by atoms with Crippen LogP contribution in [0.25, 0.3) is 5.69 Å². The van der Waals surface area contributed by atoms with Crippen LogP contribution in [0, 0.1) is 12.8 Å². The molecular weight excluding hydrogens is 473 g/mol. The first-order valence-electron chi connectivity index (χ1n) is 10.4. The third-order valence-electron chi connectivity index (χ3n) is 5.63. The number of nitrogens with zero attached hydrogens (tertiary/aromatic N) is 5. The summed E-state index contributed by atoms with van der Waals surface area (Å²) in [5, 5.41) is 13.8. The lowest BCUT2D eigenvalue weighted by Gasteiger charge is -2.31. The van der Waals surface area contributed by atoms with Crippen molar-refractivity contribution in [1.29, 1.82) is 0 Å². The minimum atomic E-state index is -4.82. The van der Waals surface area contributed by atoms with E-state index in [1.54, 1.807) is 18.2 Å². The first-order chi connectivity index (χ1) is 16.1. The number of sulfonamides is 1. The molecule has 1 aromatic heterocycles. The van der Waals surface area contributed by atoms with Crippen molar-refractivity contribution >= 4 is 21.6 Å². The third kappa shape index (κ3) is 4.80. The second kappa shape index (κ2) is 9.14. The zero-order valence-corrected chi connectivity index (χ0v) is 18.8. The minimum absolute atomic E-state index is 0.0397. The molecule has 0 saturated carbocycles. The van der Waals surface area contributed by atoms with Gasteiger partial charge in [0.1, 0.15) is 6.33 Å². The van der Waals surface area contributed by atoms with Crippen molar-refractivity contribution in [2.45, 2.75) is 30.8 Å². The fraction of sp³-hybridized carbons (Fsp3) is 0.333. The number of halogens is 3. The molecule has 34 heavy (non-hydrogen) atoms. The van der Waals surface area contributed by atoms with E-state index in [0.717, 1.165) is 33.8 Å². The average molecular weight is 494 g/mol. The Morgan fingerprint density at radius 3 is 2.62 bits per heavy atom. The second-order valence-corrected chi connectivity index (χ2v) is 9.85. The molecule has 0 aliphatic carbocycles. The molecule has 0 spiro atoms. The summed E-state index contributed by atoms with van der Waals surface area (Å²) >= 11 is 0. The highest BCUT2D eigenvalue weighted by atomic mass is 32.2. The van der Waals surface area contributed by atoms with Gasteiger partial charge in [0, 0.05) is 18.8 Å². The summed E-state index contributed by atoms with van der Waals surface area (Å²) in [7, 11) is -4.44. The molecule has 0 bridgehead atoms. The molecule has 2 heterocycles. The molecule has 2 aromatic carbocycles. The molecule has 1 saturated heterocycles. The number of carbonyl (C=O) groups is 1. The van der Waals surface area contributed by atoms with Crippen molar-refractivity contribution in [2.24, 2.45) is 5.92 Å². The van der Waals surface area contributed by atoms with E-state index in [9.17, 15) is 26.4 Å². The first kappa shape index (κ1) is 23.8. The number of tetrazole rings is 1. The fourth-order valence-electron chi connectivity index (χ4n) is 3.95. The van der Waals surface area contributed by atoms with Crippen molar-refractivity contribution < 1.29 is 26.4 Å². The summed E-state index contributed by atoms with van der Waals surface area (Å²) in [5.74, 6) is -1.11. The van der Waals surface area contributed by atoms with E-state index in [-0.39, 0.29) is 13.1 Å². The molecular formula is C21H21F3N6O3S. The van der Waals surface area contributed by atoms with E-state index < -0.39 is 38.5 Å². The summed E-state index contributed by atoms with van der Waals surface area (Å²) in [6, 6.07) is 9.19. The van der Waals surface area contributed by atoms with Crippen LogP contribution in [0.2, 0.25) is 0 Å². The molecule has 1 aliphatic heterocycles. The van der Waals surface area contributed by atoms with Crippen LogP contribution in [0.4, 0.5) is 18.9 Å². The molecule has 0 radical (unpaired) electrons. The number of aryl methyl sites for hydroxylation is 1. The number of benzene rings is 2. The molecule has 1 fully saturated rings. The van der Waals surface area contributed by atoms with Crippen molar-refractivity contribution in [1.82, 2.24) is 24.5 Å². The van der Waals surface area contributed by atoms with Crippen LogP contribution in [0.15, 0.2) is 53.7 Å². The van der Waals surface area contributed by atoms with Gasteiger partial charge in [-0.25, -0.2) is 13.1 Å². The lowest BCUT2D eigenvalue weighted by molar-refractivity contribution is -0.140. The normalized spacial score (nSPS) is 17.5. The van der Waals surface area contributed by atoms with Crippen LogP contribution in [0.5, 0.6) is 0 Å². The summed E-state index contributed by atoms with van der Waals surface area (Å²) in [4.78, 5) is 12.1. The lowest BCUT2D eigenvalue weighted by atomic mass is 9.98. The van der Waals surface area contributed by atoms with Crippen LogP contribution in [0.3, 0.4) is 0 Å². The van der Waals surface area contributed by atoms with Crippen molar-refractivity contribution in [3.05, 3.63) is 59.9 Å². The molecule has 13 heteroatoms. The van der Waals surface area contributed by atoms with E-state index >= 15 is 0 Å². The Hall–Kier alpha value is -3.32. The maximum Gasteiger partial charge on any atom is 0.417 e. The van der Waals surface area contributed by atoms with E-state index in [0.29, 0.717) is 18.5 Å². The number of hydrogen-bond donors (Lipinski definition) is 1. The number of amides is 1. The van der Waals surface area contributed by atoms with Crippen LogP contribution >= 0.6 is 0 Å². The van der Waals surface area contributed by atoms with Gasteiger partial charge < -0.3 is 5.32 Å². The Balaban J connectivity index is 1.50. The molecule has 1 N–H and O–H groups in total. The van der Waals surface area contributed by atoms with Gasteiger partial charge in [-0.15, -0.1) is 5.10 Å². The predicted octanol–water partition coefficient (Wildman–Crippen LogP) is 3.03. The summed E-state index contributed by atoms with van der Waals surface area (Å²) < 4.78 is 68.7. The van der Waals surface area contributed by atoms with Gasteiger partial charge in [-0.1, -0.05) is 12.1 Å². The summed E-state index contributed by atoms with van der Waals surface area (Å²) in [5.41, 5.74) is 0.796. The highest BCUT2D eigenvalue weighted by Crippen LogP contribution is 2.36. The Morgan fingerprint density at radius 2 is 1.94 bits per heavy atom. The Bertz CT molecular complexity index is 1300. The molecule has 1 atom stereocenters. The standard InChI is InChI=1S/C21H21F3N6O3S/c1-14-11-16(8-9-18(14)30-13-25-27-28-30)26-20(31)15-5-4-10-29(12-15)34(32,33)19-7-3-2-6-17(19)21(22,23)24/h2-3,6-9,11,13,15H,4-5,10,12H2,1H3,(H,26,31)/t15-/m0/s1. The maximum absolute atomic E-state index is 13.4. The van der Waals surface area contributed by atoms with Gasteiger partial charge in [-0.2, -0.15) is 17.5 Å². The molecule has 1 amide bonds. The van der Waals surface area contributed by atoms with Crippen molar-refractivity contribution in [3.8, 4) is 5.69 Å². The molecule has 9 nitrogen and oxygen atoms in total. The molecule has 4 rings (SSSR count). The zero-order valence-electron chi connectivity index (χ0n) is 18.0. The number of rotatable bonds is 5. The highest BCUT2D eigenvalue weighted by Gasteiger charge is 2.40.